The standard InChI is InChI=1S/C9H10BrNO2/c1-4-5(2)8(10)6(9(12)13)3-7(4)11/h3H,11H2,1-2H3,(H,12,13). The molecule has 1 aromatic rings. The largest absolute Gasteiger partial charge is 0.478 e. The maximum atomic E-state index is 10.8. The lowest BCUT2D eigenvalue weighted by atomic mass is 10.0. The Morgan fingerprint density at radius 1 is 1.46 bits per heavy atom. The van der Waals surface area contributed by atoms with E-state index in [0.717, 1.165) is 11.1 Å². The highest BCUT2D eigenvalue weighted by Crippen LogP contribution is 2.28. The summed E-state index contributed by atoms with van der Waals surface area (Å²) in [5.74, 6) is -0.971. The molecule has 0 radical (unpaired) electrons. The molecule has 0 aromatic heterocycles. The van der Waals surface area contributed by atoms with Gasteiger partial charge in [0.2, 0.25) is 0 Å². The molecule has 13 heavy (non-hydrogen) atoms. The van der Waals surface area contributed by atoms with Crippen molar-refractivity contribution in [2.24, 2.45) is 0 Å². The van der Waals surface area contributed by atoms with Crippen molar-refractivity contribution < 1.29 is 9.90 Å². The molecule has 0 spiro atoms. The average molecular weight is 244 g/mol. The lowest BCUT2D eigenvalue weighted by Crippen LogP contribution is -2.03. The van der Waals surface area contributed by atoms with Crippen molar-refractivity contribution in [1.82, 2.24) is 0 Å². The number of aromatic carboxylic acids is 1. The summed E-state index contributed by atoms with van der Waals surface area (Å²) in [5, 5.41) is 8.82. The van der Waals surface area contributed by atoms with E-state index < -0.39 is 5.97 Å². The van der Waals surface area contributed by atoms with Crippen LogP contribution in [0.4, 0.5) is 5.69 Å². The van der Waals surface area contributed by atoms with Gasteiger partial charge >= 0.3 is 5.97 Å². The van der Waals surface area contributed by atoms with Gasteiger partial charge in [-0.2, -0.15) is 0 Å². The summed E-state index contributed by atoms with van der Waals surface area (Å²) in [4.78, 5) is 10.8. The average Bonchev–Trinajstić information content (AvgIpc) is 2.07. The molecule has 0 unspecified atom stereocenters. The molecular formula is C9H10BrNO2. The molecule has 3 nitrogen and oxygen atoms in total. The zero-order chi connectivity index (χ0) is 10.2. The molecule has 0 aliphatic heterocycles. The predicted molar refractivity (Wildman–Crippen MR) is 55.0 cm³/mol. The molecule has 0 amide bonds. The highest BCUT2D eigenvalue weighted by atomic mass is 79.9. The third-order valence-electron chi connectivity index (χ3n) is 2.09. The summed E-state index contributed by atoms with van der Waals surface area (Å²) in [6, 6.07) is 1.47. The van der Waals surface area contributed by atoms with Crippen LogP contribution in [-0.2, 0) is 0 Å². The van der Waals surface area contributed by atoms with Gasteiger partial charge in [0.15, 0.2) is 0 Å². The molecule has 3 N–H and O–H groups in total. The van der Waals surface area contributed by atoms with Crippen LogP contribution in [0.25, 0.3) is 0 Å². The number of rotatable bonds is 1. The SMILES string of the molecule is Cc1c(N)cc(C(=O)O)c(Br)c1C. The lowest BCUT2D eigenvalue weighted by Gasteiger charge is -2.09. The normalized spacial score (nSPS) is 10.1. The molecule has 0 saturated heterocycles. The van der Waals surface area contributed by atoms with E-state index in [2.05, 4.69) is 15.9 Å². The minimum atomic E-state index is -0.971. The molecule has 0 fully saturated rings. The fraction of sp³-hybridized carbons (Fsp3) is 0.222. The van der Waals surface area contributed by atoms with Gasteiger partial charge in [-0.1, -0.05) is 0 Å². The number of benzene rings is 1. The van der Waals surface area contributed by atoms with Crippen LogP contribution in [0.1, 0.15) is 21.5 Å². The monoisotopic (exact) mass is 243 g/mol. The van der Waals surface area contributed by atoms with Crippen LogP contribution in [0, 0.1) is 13.8 Å². The summed E-state index contributed by atoms with van der Waals surface area (Å²) in [7, 11) is 0. The van der Waals surface area contributed by atoms with Crippen LogP contribution in [-0.4, -0.2) is 11.1 Å². The Morgan fingerprint density at radius 3 is 2.46 bits per heavy atom. The second kappa shape index (κ2) is 3.38. The number of hydrogen-bond donors (Lipinski definition) is 2. The summed E-state index contributed by atoms with van der Waals surface area (Å²) in [6.07, 6.45) is 0. The lowest BCUT2D eigenvalue weighted by molar-refractivity contribution is 0.0696. The number of anilines is 1. The van der Waals surface area contributed by atoms with Gasteiger partial charge in [0.05, 0.1) is 5.56 Å². The van der Waals surface area contributed by atoms with Crippen LogP contribution < -0.4 is 5.73 Å². The topological polar surface area (TPSA) is 63.3 Å². The maximum Gasteiger partial charge on any atom is 0.336 e. The van der Waals surface area contributed by atoms with Crippen molar-refractivity contribution in [2.75, 3.05) is 5.73 Å². The second-order valence-electron chi connectivity index (χ2n) is 2.88. The Hall–Kier alpha value is -1.03. The van der Waals surface area contributed by atoms with E-state index in [0.29, 0.717) is 10.2 Å². The highest BCUT2D eigenvalue weighted by molar-refractivity contribution is 9.10. The second-order valence-corrected chi connectivity index (χ2v) is 3.68. The molecule has 70 valence electrons. The number of halogens is 1. The first-order valence-electron chi connectivity index (χ1n) is 3.73. The Labute approximate surface area is 84.7 Å². The zero-order valence-electron chi connectivity index (χ0n) is 7.39. The molecule has 0 aliphatic carbocycles. The van der Waals surface area contributed by atoms with Crippen molar-refractivity contribution in [3.63, 3.8) is 0 Å². The van der Waals surface area contributed by atoms with Crippen molar-refractivity contribution in [3.05, 3.63) is 27.2 Å². The highest BCUT2D eigenvalue weighted by Gasteiger charge is 2.13. The first kappa shape index (κ1) is 10.1. The Kier molecular flexibility index (Phi) is 2.61. The predicted octanol–water partition coefficient (Wildman–Crippen LogP) is 2.35. The van der Waals surface area contributed by atoms with Crippen LogP contribution in [0.3, 0.4) is 0 Å². The number of carbonyl (C=O) groups is 1. The van der Waals surface area contributed by atoms with Crippen LogP contribution in [0.2, 0.25) is 0 Å². The van der Waals surface area contributed by atoms with Gasteiger partial charge in [-0.25, -0.2) is 4.79 Å². The van der Waals surface area contributed by atoms with Gasteiger partial charge in [-0.05, 0) is 47.0 Å². The third-order valence-corrected chi connectivity index (χ3v) is 3.11. The minimum Gasteiger partial charge on any atom is -0.478 e. The molecule has 0 bridgehead atoms. The molecule has 1 rings (SSSR count). The third kappa shape index (κ3) is 1.67. The van der Waals surface area contributed by atoms with E-state index >= 15 is 0 Å². The molecule has 1 aromatic carbocycles. The van der Waals surface area contributed by atoms with Gasteiger partial charge in [-0.15, -0.1) is 0 Å². The molecule has 0 saturated carbocycles. The Balaban J connectivity index is 3.50. The van der Waals surface area contributed by atoms with E-state index in [1.54, 1.807) is 0 Å². The number of carboxylic acids is 1. The summed E-state index contributed by atoms with van der Waals surface area (Å²) < 4.78 is 0.603. The smallest absolute Gasteiger partial charge is 0.336 e. The van der Waals surface area contributed by atoms with E-state index in [4.69, 9.17) is 10.8 Å². The molecule has 0 heterocycles. The molecule has 0 atom stereocenters. The van der Waals surface area contributed by atoms with E-state index in [1.807, 2.05) is 13.8 Å². The molecule has 0 aliphatic rings. The Bertz CT molecular complexity index is 374. The quantitative estimate of drug-likeness (QED) is 0.745. The van der Waals surface area contributed by atoms with Gasteiger partial charge in [0, 0.05) is 10.2 Å². The van der Waals surface area contributed by atoms with Crippen LogP contribution in [0.5, 0.6) is 0 Å². The van der Waals surface area contributed by atoms with Gasteiger partial charge < -0.3 is 10.8 Å². The Morgan fingerprint density at radius 2 is 2.00 bits per heavy atom. The molecular weight excluding hydrogens is 234 g/mol. The van der Waals surface area contributed by atoms with Crippen LogP contribution >= 0.6 is 15.9 Å². The number of nitrogen functional groups attached to an aromatic ring is 1. The van der Waals surface area contributed by atoms with E-state index in [-0.39, 0.29) is 5.56 Å². The van der Waals surface area contributed by atoms with Gasteiger partial charge in [0.1, 0.15) is 0 Å². The minimum absolute atomic E-state index is 0.209. The number of nitrogens with two attached hydrogens (primary N) is 1. The van der Waals surface area contributed by atoms with Crippen LogP contribution in [0.15, 0.2) is 10.5 Å². The van der Waals surface area contributed by atoms with Crippen molar-refractivity contribution in [1.29, 1.82) is 0 Å². The fourth-order valence-corrected chi connectivity index (χ4v) is 1.65. The molecule has 4 heteroatoms. The first-order valence-corrected chi connectivity index (χ1v) is 4.53. The first-order chi connectivity index (χ1) is 5.95. The number of carboxylic acid groups (broad SMARTS) is 1. The fourth-order valence-electron chi connectivity index (χ4n) is 1.07. The zero-order valence-corrected chi connectivity index (χ0v) is 8.97. The summed E-state index contributed by atoms with van der Waals surface area (Å²) in [6.45, 7) is 3.70. The summed E-state index contributed by atoms with van der Waals surface area (Å²) >= 11 is 3.23. The van der Waals surface area contributed by atoms with E-state index in [1.165, 1.54) is 6.07 Å². The van der Waals surface area contributed by atoms with Crippen molar-refractivity contribution in [3.8, 4) is 0 Å². The van der Waals surface area contributed by atoms with Crippen molar-refractivity contribution in [2.45, 2.75) is 13.8 Å². The van der Waals surface area contributed by atoms with E-state index in [9.17, 15) is 4.79 Å². The summed E-state index contributed by atoms with van der Waals surface area (Å²) in [5.41, 5.74) is 8.15. The van der Waals surface area contributed by atoms with Crippen molar-refractivity contribution >= 4 is 27.6 Å². The van der Waals surface area contributed by atoms with Gasteiger partial charge in [-0.3, -0.25) is 0 Å². The van der Waals surface area contributed by atoms with Gasteiger partial charge in [0.25, 0.3) is 0 Å². The number of hydrogen-bond acceptors (Lipinski definition) is 2. The maximum absolute atomic E-state index is 10.8.